The Labute approximate surface area is 339 Å². The van der Waals surface area contributed by atoms with Gasteiger partial charge in [0.2, 0.25) is 5.91 Å². The summed E-state index contributed by atoms with van der Waals surface area (Å²) in [4.78, 5) is 9.23. The molecule has 18 nitrogen and oxygen atoms in total. The topological polar surface area (TPSA) is 301 Å². The predicted molar refractivity (Wildman–Crippen MR) is 141 cm³/mol. The zero-order valence-corrected chi connectivity index (χ0v) is 34.2. The Morgan fingerprint density at radius 3 is 1.89 bits per heavy atom. The predicted octanol–water partition coefficient (Wildman–Crippen LogP) is -7.28. The Morgan fingerprint density at radius 2 is 1.41 bits per heavy atom. The van der Waals surface area contributed by atoms with Gasteiger partial charge in [0.15, 0.2) is 15.6 Å². The van der Waals surface area contributed by atoms with Crippen molar-refractivity contribution in [3.63, 3.8) is 0 Å². The molecule has 0 aliphatic rings. The van der Waals surface area contributed by atoms with Crippen LogP contribution in [0.5, 0.6) is 11.5 Å². The molecule has 46 heavy (non-hydrogen) atoms. The molecule has 0 fully saturated rings. The maximum absolute atomic E-state index is 12.3. The van der Waals surface area contributed by atoms with E-state index in [0.717, 1.165) is 31.2 Å². The van der Waals surface area contributed by atoms with Crippen molar-refractivity contribution in [2.45, 2.75) is 21.6 Å². The summed E-state index contributed by atoms with van der Waals surface area (Å²) in [7, 11) is -19.3. The van der Waals surface area contributed by atoms with Gasteiger partial charge in [-0.2, -0.15) is 25.3 Å². The number of nitrogens with one attached hydrogen (secondary N) is 1. The number of anilines is 1. The van der Waals surface area contributed by atoms with Crippen LogP contribution in [0.25, 0.3) is 10.8 Å². The van der Waals surface area contributed by atoms with Gasteiger partial charge in [0, 0.05) is 35.4 Å². The molecule has 0 unspecified atom stereocenters. The fourth-order valence-electron chi connectivity index (χ4n) is 3.44. The van der Waals surface area contributed by atoms with E-state index in [1.54, 1.807) is 0 Å². The molecule has 0 spiro atoms. The number of benzene rings is 3. The molecule has 3 aromatic rings. The third kappa shape index (κ3) is 12.6. The van der Waals surface area contributed by atoms with E-state index >= 15 is 0 Å². The Balaban J connectivity index is 0. The summed E-state index contributed by atoms with van der Waals surface area (Å²) in [5.41, 5.74) is -1.86. The number of hydrogen-bond donors (Lipinski definition) is 6. The number of amides is 1. The van der Waals surface area contributed by atoms with Gasteiger partial charge in [-0.15, -0.1) is 10.2 Å². The molecule has 1 amide bonds. The molecule has 239 valence electrons. The van der Waals surface area contributed by atoms with Crippen molar-refractivity contribution in [3.05, 3.63) is 36.4 Å². The van der Waals surface area contributed by atoms with E-state index < -0.39 is 113 Å². The van der Waals surface area contributed by atoms with Crippen LogP contribution in [0, 0.1) is 0 Å². The first-order valence-corrected chi connectivity index (χ1v) is 16.7. The molecule has 0 atom stereocenters. The third-order valence-corrected chi connectivity index (χ3v) is 9.00. The van der Waals surface area contributed by atoms with Crippen molar-refractivity contribution in [3.8, 4) is 11.5 Å². The van der Waals surface area contributed by atoms with Gasteiger partial charge in [-0.25, -0.2) is 12.6 Å². The van der Waals surface area contributed by atoms with Gasteiger partial charge in [-0.3, -0.25) is 18.5 Å². The smallest absolute Gasteiger partial charge is 0.506 e. The summed E-state index contributed by atoms with van der Waals surface area (Å²) >= 11 is 0. The van der Waals surface area contributed by atoms with E-state index in [0.29, 0.717) is 12.1 Å². The first-order valence-electron chi connectivity index (χ1n) is 10.8. The van der Waals surface area contributed by atoms with Crippen LogP contribution in [0.1, 0.15) is 6.92 Å². The number of hydrogen-bond acceptors (Lipinski definition) is 14. The van der Waals surface area contributed by atoms with E-state index in [2.05, 4.69) is 19.7 Å². The van der Waals surface area contributed by atoms with Gasteiger partial charge >= 0.3 is 99.1 Å². The molecule has 6 N–H and O–H groups in total. The zero-order chi connectivity index (χ0) is 31.8. The molecule has 0 saturated carbocycles. The number of carbonyl (C=O) groups is 1. The van der Waals surface area contributed by atoms with E-state index in [4.69, 9.17) is 4.55 Å². The van der Waals surface area contributed by atoms with Crippen LogP contribution >= 0.6 is 0 Å². The monoisotopic (exact) mass is 801 g/mol. The van der Waals surface area contributed by atoms with E-state index in [1.165, 1.54) is 0 Å². The molecule has 0 heterocycles. The van der Waals surface area contributed by atoms with Crippen LogP contribution in [0.15, 0.2) is 61.3 Å². The average Bonchev–Trinajstić information content (AvgIpc) is 2.81. The van der Waals surface area contributed by atoms with Gasteiger partial charge in [-0.1, -0.05) is 0 Å². The minimum absolute atomic E-state index is 0. The molecule has 3 rings (SSSR count). The molecule has 0 aliphatic heterocycles. The van der Waals surface area contributed by atoms with Crippen molar-refractivity contribution >= 4 is 74.2 Å². The summed E-state index contributed by atoms with van der Waals surface area (Å²) in [6.45, 7) is 0.0691. The summed E-state index contributed by atoms with van der Waals surface area (Å²) in [5.74, 6) is -3.59. The molecule has 0 saturated heterocycles. The summed E-state index contributed by atoms with van der Waals surface area (Å²) in [5, 5.41) is 29.7. The van der Waals surface area contributed by atoms with Crippen LogP contribution in [0.4, 0.5) is 17.1 Å². The minimum atomic E-state index is -5.22. The normalized spacial score (nSPS) is 11.9. The fraction of sp³-hybridized carbons (Fsp3) is 0.150. The number of sulfone groups is 1. The summed E-state index contributed by atoms with van der Waals surface area (Å²) in [6, 6.07) is 4.60. The van der Waals surface area contributed by atoms with Crippen molar-refractivity contribution in [2.24, 2.45) is 10.2 Å². The number of fused-ring (bicyclic) bond motifs is 1. The quantitative estimate of drug-likeness (QED) is 0.0631. The molecule has 26 heteroatoms. The van der Waals surface area contributed by atoms with Gasteiger partial charge in [0.25, 0.3) is 20.2 Å². The second kappa shape index (κ2) is 18.1. The van der Waals surface area contributed by atoms with Crippen molar-refractivity contribution in [1.29, 1.82) is 0 Å². The summed E-state index contributed by atoms with van der Waals surface area (Å²) < 4.78 is 125. The van der Waals surface area contributed by atoms with Crippen molar-refractivity contribution < 1.29 is 172 Å². The third-order valence-electron chi connectivity index (χ3n) is 5.16. The van der Waals surface area contributed by atoms with E-state index in [1.807, 2.05) is 0 Å². The second-order valence-corrected chi connectivity index (χ2v) is 14.2. The molecular weight excluding hydrogens is 783 g/mol. The Morgan fingerprint density at radius 1 is 0.826 bits per heavy atom. The van der Waals surface area contributed by atoms with Gasteiger partial charge in [0.05, 0.1) is 27.8 Å². The van der Waals surface area contributed by atoms with Crippen LogP contribution < -0.4 is 94.0 Å². The summed E-state index contributed by atoms with van der Waals surface area (Å²) in [6.07, 6.45) is 0. The Bertz CT molecular complexity index is 2100. The number of carbonyl (C=O) groups excluding carboxylic acids is 1. The van der Waals surface area contributed by atoms with Crippen LogP contribution in [0.2, 0.25) is 0 Å². The molecular formula is C20H19CuN3Na3O15S4+3. The average molecular weight is 802 g/mol. The SMILES string of the molecule is CC(=O)Nc1cc(S(=O)(=O)O)cc2cc(S(=O)(=O)O)c(N=Nc3ccc(S(=O)(=O)CCOS(=O)(=O)O)cc3O)c(O)c12.[Cu].[Na+].[Na+].[Na+]. The van der Waals surface area contributed by atoms with Crippen LogP contribution in [-0.2, 0) is 66.5 Å². The largest absolute Gasteiger partial charge is 1.00 e. The van der Waals surface area contributed by atoms with Crippen molar-refractivity contribution in [2.75, 3.05) is 17.7 Å². The van der Waals surface area contributed by atoms with Gasteiger partial charge < -0.3 is 15.5 Å². The zero-order valence-electron chi connectivity index (χ0n) is 24.0. The molecule has 0 aliphatic carbocycles. The number of aromatic hydroxyl groups is 2. The second-order valence-electron chi connectivity index (χ2n) is 8.19. The number of azo groups is 1. The first-order chi connectivity index (χ1) is 19.1. The standard InChI is InChI=1S/C20H19N3O15S4.Cu.3Na/c1-10(24)21-15-8-13(40(29,30)31)6-11-7-17(41(32,33)34)19(20(26)18(11)15)23-22-14-3-2-12(9-16(14)25)39(27,28)5-4-38-42(35,36)37;;;;/h2-3,6-9,25-26H,4-5H2,1H3,(H,21,24)(H,29,30,31)(H,32,33,34)(H,35,36,37);;;;/q;;3*+1. The van der Waals surface area contributed by atoms with E-state index in [9.17, 15) is 57.8 Å². The van der Waals surface area contributed by atoms with E-state index in [-0.39, 0.29) is 106 Å². The maximum atomic E-state index is 12.3. The fourth-order valence-corrected chi connectivity index (χ4v) is 6.15. The Kier molecular flexibility index (Phi) is 18.9. The van der Waals surface area contributed by atoms with Crippen molar-refractivity contribution in [1.82, 2.24) is 0 Å². The van der Waals surface area contributed by atoms with Gasteiger partial charge in [-0.05, 0) is 35.7 Å². The Hall–Kier alpha value is -0.251. The number of rotatable bonds is 10. The number of phenolic OH excluding ortho intramolecular Hbond substituents is 2. The number of phenols is 2. The molecule has 0 bridgehead atoms. The molecule has 3 aromatic carbocycles. The van der Waals surface area contributed by atoms with Crippen LogP contribution in [-0.4, -0.2) is 75.8 Å². The van der Waals surface area contributed by atoms with Gasteiger partial charge in [0.1, 0.15) is 22.0 Å². The maximum Gasteiger partial charge on any atom is 1.00 e. The number of nitrogens with zero attached hydrogens (tertiary/aromatic N) is 2. The molecule has 1 radical (unpaired) electrons. The first kappa shape index (κ1) is 47.9. The molecule has 0 aromatic heterocycles. The van der Waals surface area contributed by atoms with Crippen LogP contribution in [0.3, 0.4) is 0 Å². The minimum Gasteiger partial charge on any atom is -0.506 e.